The molecule has 0 radical (unpaired) electrons. The summed E-state index contributed by atoms with van der Waals surface area (Å²) in [6, 6.07) is 6.35. The number of carbonyl (C=O) groups is 2. The van der Waals surface area contributed by atoms with Crippen molar-refractivity contribution in [1.82, 2.24) is 0 Å². The number of benzene rings is 1. The molecule has 7 rings (SSSR count). The number of aromatic hydroxyl groups is 1. The lowest BCUT2D eigenvalue weighted by molar-refractivity contribution is -0.431. The second kappa shape index (κ2) is 12.4. The zero-order chi connectivity index (χ0) is 35.9. The molecule has 3 saturated heterocycles. The summed E-state index contributed by atoms with van der Waals surface area (Å²) in [5.41, 5.74) is -5.56. The molecule has 0 amide bonds. The predicted octanol–water partition coefficient (Wildman–Crippen LogP) is 4.26. The molecular formula is C39H50O11. The quantitative estimate of drug-likeness (QED) is 0.0767. The maximum absolute atomic E-state index is 13.9. The van der Waals surface area contributed by atoms with Crippen molar-refractivity contribution in [1.29, 1.82) is 0 Å². The molecule has 50 heavy (non-hydrogen) atoms. The predicted molar refractivity (Wildman–Crippen MR) is 180 cm³/mol. The molecule has 6 aliphatic rings. The number of ether oxygens (including phenoxy) is 5. The zero-order valence-electron chi connectivity index (χ0n) is 29.3. The van der Waals surface area contributed by atoms with E-state index >= 15 is 0 Å². The highest BCUT2D eigenvalue weighted by atomic mass is 16.9. The van der Waals surface area contributed by atoms with Crippen molar-refractivity contribution >= 4 is 17.8 Å². The fraction of sp³-hybridized carbons (Fsp3) is 0.641. The molecule has 3 aliphatic carbocycles. The molecule has 4 N–H and O–H groups in total. The molecule has 1 aromatic carbocycles. The number of phenolic OH excluding ortho intramolecular Hbond substituents is 1. The summed E-state index contributed by atoms with van der Waals surface area (Å²) < 4.78 is 33.5. The number of epoxide rings is 1. The summed E-state index contributed by atoms with van der Waals surface area (Å²) >= 11 is 0. The minimum atomic E-state index is -2.40. The van der Waals surface area contributed by atoms with Crippen LogP contribution in [0.1, 0.15) is 84.6 Å². The molecule has 3 heterocycles. The van der Waals surface area contributed by atoms with Crippen molar-refractivity contribution in [2.24, 2.45) is 17.8 Å². The maximum Gasteiger partial charge on any atom is 0.331 e. The average molecular weight is 695 g/mol. The lowest BCUT2D eigenvalue weighted by atomic mass is 9.53. The third-order valence-corrected chi connectivity index (χ3v) is 12.4. The van der Waals surface area contributed by atoms with Gasteiger partial charge in [0.1, 0.15) is 35.8 Å². The van der Waals surface area contributed by atoms with Crippen LogP contribution in [0.15, 0.2) is 54.1 Å². The van der Waals surface area contributed by atoms with Crippen molar-refractivity contribution in [3.05, 3.63) is 59.7 Å². The van der Waals surface area contributed by atoms with Gasteiger partial charge in [0.2, 0.25) is 0 Å². The van der Waals surface area contributed by atoms with Gasteiger partial charge in [0, 0.05) is 30.3 Å². The first-order valence-corrected chi connectivity index (χ1v) is 18.1. The summed E-state index contributed by atoms with van der Waals surface area (Å²) in [7, 11) is 0. The molecular weight excluding hydrogens is 644 g/mol. The van der Waals surface area contributed by atoms with E-state index in [1.807, 2.05) is 6.92 Å². The van der Waals surface area contributed by atoms with Crippen LogP contribution in [0.3, 0.4) is 0 Å². The van der Waals surface area contributed by atoms with E-state index in [2.05, 4.69) is 13.5 Å². The lowest BCUT2D eigenvalue weighted by Crippen LogP contribution is -2.76. The van der Waals surface area contributed by atoms with Gasteiger partial charge in [0.25, 0.3) is 5.97 Å². The Bertz CT molecular complexity index is 1600. The third kappa shape index (κ3) is 4.81. The van der Waals surface area contributed by atoms with E-state index in [9.17, 15) is 30.0 Å². The third-order valence-electron chi connectivity index (χ3n) is 12.4. The number of Topliss-reactive ketones (excluding diaryl/α,β-unsaturated/α-hetero) is 1. The number of fused-ring (bicyclic) bond motifs is 3. The van der Waals surface area contributed by atoms with E-state index in [1.54, 1.807) is 38.1 Å². The standard InChI is InChI=1S/C39H50O11/c1-6-7-8-9-10-11-12-19-36-48-33-29-32-35(21-40,47-32)34(44)37(45)27(20-23(4)30(37)43)39(29,50-36)24(5)31(38(33,49-36)22(2)3)46-28(42)18-15-25-13-16-26(41)17-14-25/h13-18,20,24,27,29,31-34,40-41,44-45H,2,6-12,19,21H2,1,3-5H3/b18-15-/t24-,27-,29+,31-,32+,33-,34-,35+,36-,37-,38+,39+/m1/s1. The first kappa shape index (κ1) is 35.5. The Kier molecular flexibility index (Phi) is 8.78. The Balaban J connectivity index is 1.32. The smallest absolute Gasteiger partial charge is 0.331 e. The van der Waals surface area contributed by atoms with Crippen molar-refractivity contribution in [2.75, 3.05) is 6.61 Å². The van der Waals surface area contributed by atoms with Crippen molar-refractivity contribution in [3.63, 3.8) is 0 Å². The van der Waals surface area contributed by atoms with Gasteiger partial charge in [-0.3, -0.25) is 4.79 Å². The van der Waals surface area contributed by atoms with Crippen LogP contribution in [-0.4, -0.2) is 91.6 Å². The highest BCUT2D eigenvalue weighted by Gasteiger charge is 2.90. The van der Waals surface area contributed by atoms with Gasteiger partial charge in [-0.15, -0.1) is 0 Å². The molecule has 11 heteroatoms. The number of carbonyl (C=O) groups excluding carboxylic acids is 2. The topological polar surface area (TPSA) is 165 Å². The van der Waals surface area contributed by atoms with Gasteiger partial charge in [-0.05, 0) is 55.2 Å². The van der Waals surface area contributed by atoms with Gasteiger partial charge in [0.15, 0.2) is 17.0 Å². The van der Waals surface area contributed by atoms with E-state index in [4.69, 9.17) is 23.7 Å². The van der Waals surface area contributed by atoms with E-state index < -0.39 is 88.9 Å². The van der Waals surface area contributed by atoms with Gasteiger partial charge in [-0.2, -0.15) is 0 Å². The monoisotopic (exact) mass is 694 g/mol. The minimum Gasteiger partial charge on any atom is -0.508 e. The SMILES string of the molecule is C=C(C)[C@@]12O[C@@]3(CCCCCCCCC)O[C@@H]1[C@@H]1[C@@H]4O[C@]4(CO)[C@@H](O)[C@]4(O)C(=O)C(C)=C[C@H]4[C@@]1(O3)[C@H](C)[C@H]2OC(=O)/C=C\c1ccc(O)cc1. The number of esters is 1. The molecule has 12 atom stereocenters. The van der Waals surface area contributed by atoms with Crippen LogP contribution in [-0.2, 0) is 33.3 Å². The molecule has 3 aliphatic heterocycles. The summed E-state index contributed by atoms with van der Waals surface area (Å²) in [5, 5.41) is 44.7. The molecule has 1 aromatic rings. The Labute approximate surface area is 292 Å². The first-order chi connectivity index (χ1) is 23.8. The summed E-state index contributed by atoms with van der Waals surface area (Å²) in [5.74, 6) is -5.54. The van der Waals surface area contributed by atoms with E-state index in [0.717, 1.165) is 25.7 Å². The van der Waals surface area contributed by atoms with Gasteiger partial charge < -0.3 is 44.1 Å². The Morgan fingerprint density at radius 1 is 1.04 bits per heavy atom. The minimum absolute atomic E-state index is 0.0971. The molecule has 272 valence electrons. The van der Waals surface area contributed by atoms with Gasteiger partial charge >= 0.3 is 5.97 Å². The number of hydrogen-bond donors (Lipinski definition) is 4. The van der Waals surface area contributed by atoms with E-state index in [1.165, 1.54) is 31.1 Å². The molecule has 2 saturated carbocycles. The number of aliphatic hydroxyl groups is 3. The number of ketones is 1. The highest BCUT2D eigenvalue weighted by molar-refractivity contribution is 6.05. The van der Waals surface area contributed by atoms with Crippen LogP contribution in [0.4, 0.5) is 0 Å². The van der Waals surface area contributed by atoms with Crippen LogP contribution < -0.4 is 0 Å². The second-order valence-electron chi connectivity index (χ2n) is 15.4. The number of rotatable bonds is 13. The summed E-state index contributed by atoms with van der Waals surface area (Å²) in [6.07, 6.45) is 7.47. The first-order valence-electron chi connectivity index (χ1n) is 18.1. The van der Waals surface area contributed by atoms with Gasteiger partial charge in [-0.25, -0.2) is 4.79 Å². The maximum atomic E-state index is 13.9. The summed E-state index contributed by atoms with van der Waals surface area (Å²) in [4.78, 5) is 27.6. The Morgan fingerprint density at radius 3 is 2.38 bits per heavy atom. The van der Waals surface area contributed by atoms with Crippen LogP contribution in [0.25, 0.3) is 6.08 Å². The average Bonchev–Trinajstić information content (AvgIpc) is 3.72. The normalized spacial score (nSPS) is 43.6. The van der Waals surface area contributed by atoms with Crippen molar-refractivity contribution in [3.8, 4) is 5.75 Å². The molecule has 0 unspecified atom stereocenters. The van der Waals surface area contributed by atoms with Crippen molar-refractivity contribution in [2.45, 2.75) is 132 Å². The van der Waals surface area contributed by atoms with E-state index in [0.29, 0.717) is 24.0 Å². The van der Waals surface area contributed by atoms with Crippen molar-refractivity contribution < 1.29 is 53.7 Å². The molecule has 3 bridgehead atoms. The summed E-state index contributed by atoms with van der Waals surface area (Å²) in [6.45, 7) is 11.1. The fourth-order valence-electron chi connectivity index (χ4n) is 9.95. The van der Waals surface area contributed by atoms with Gasteiger partial charge in [-0.1, -0.05) is 77.2 Å². The van der Waals surface area contributed by atoms with Crippen LogP contribution in [0, 0.1) is 17.8 Å². The Hall–Kier alpha value is -2.90. The number of hydrogen-bond acceptors (Lipinski definition) is 11. The highest BCUT2D eigenvalue weighted by Crippen LogP contribution is 2.73. The zero-order valence-corrected chi connectivity index (χ0v) is 29.3. The van der Waals surface area contributed by atoms with Gasteiger partial charge in [0.05, 0.1) is 12.2 Å². The molecule has 11 nitrogen and oxygen atoms in total. The second-order valence-corrected chi connectivity index (χ2v) is 15.4. The van der Waals surface area contributed by atoms with Crippen LogP contribution in [0.5, 0.6) is 5.75 Å². The van der Waals surface area contributed by atoms with E-state index in [-0.39, 0.29) is 11.3 Å². The number of phenols is 1. The molecule has 0 aromatic heterocycles. The van der Waals surface area contributed by atoms with Crippen LogP contribution in [0.2, 0.25) is 0 Å². The number of unbranched alkanes of at least 4 members (excludes halogenated alkanes) is 6. The molecule has 0 spiro atoms. The molecule has 5 fully saturated rings. The lowest BCUT2D eigenvalue weighted by Gasteiger charge is -2.61. The largest absolute Gasteiger partial charge is 0.508 e. The Morgan fingerprint density at radius 2 is 1.72 bits per heavy atom. The number of aliphatic hydroxyl groups excluding tert-OH is 2. The van der Waals surface area contributed by atoms with Crippen LogP contribution >= 0.6 is 0 Å². The fourth-order valence-corrected chi connectivity index (χ4v) is 9.95.